The first-order valence-corrected chi connectivity index (χ1v) is 11.1. The number of nitrogens with two attached hydrogens (primary N) is 1. The summed E-state index contributed by atoms with van der Waals surface area (Å²) in [4.78, 5) is 40.7. The van der Waals surface area contributed by atoms with E-state index < -0.39 is 29.8 Å². The lowest BCUT2D eigenvalue weighted by atomic mass is 9.86. The van der Waals surface area contributed by atoms with E-state index in [-0.39, 0.29) is 36.2 Å². The van der Waals surface area contributed by atoms with Crippen molar-refractivity contribution in [3.63, 3.8) is 0 Å². The Labute approximate surface area is 192 Å². The number of anilines is 2. The molecule has 2 fully saturated rings. The highest BCUT2D eigenvalue weighted by atomic mass is 19.3. The van der Waals surface area contributed by atoms with E-state index in [1.54, 1.807) is 4.90 Å². The molecule has 0 spiro atoms. The molecule has 0 unspecified atom stereocenters. The lowest BCUT2D eigenvalue weighted by Gasteiger charge is -2.43. The first-order chi connectivity index (χ1) is 15.5. The summed E-state index contributed by atoms with van der Waals surface area (Å²) in [6, 6.07) is 2.76. The minimum absolute atomic E-state index is 0.0387. The Morgan fingerprint density at radius 2 is 2.00 bits per heavy atom. The second-order valence-electron chi connectivity index (χ2n) is 9.78. The van der Waals surface area contributed by atoms with Gasteiger partial charge in [-0.15, -0.1) is 0 Å². The molecular formula is C23H32F2N4O4. The fourth-order valence-corrected chi connectivity index (χ4v) is 4.15. The van der Waals surface area contributed by atoms with Gasteiger partial charge in [-0.05, 0) is 36.5 Å². The van der Waals surface area contributed by atoms with Crippen molar-refractivity contribution in [3.8, 4) is 0 Å². The van der Waals surface area contributed by atoms with Crippen molar-refractivity contribution in [2.24, 2.45) is 11.1 Å². The number of nitrogens with zero attached hydrogens (tertiary/aromatic N) is 2. The van der Waals surface area contributed by atoms with Crippen LogP contribution in [-0.2, 0) is 19.1 Å². The molecule has 1 aromatic carbocycles. The maximum absolute atomic E-state index is 13.9. The summed E-state index contributed by atoms with van der Waals surface area (Å²) >= 11 is 0. The van der Waals surface area contributed by atoms with Gasteiger partial charge in [-0.1, -0.05) is 27.2 Å². The van der Waals surface area contributed by atoms with Crippen LogP contribution in [0.3, 0.4) is 0 Å². The van der Waals surface area contributed by atoms with Gasteiger partial charge in [0.05, 0.1) is 6.61 Å². The van der Waals surface area contributed by atoms with E-state index in [0.29, 0.717) is 18.8 Å². The fraction of sp³-hybridized carbons (Fsp3) is 0.609. The monoisotopic (exact) mass is 466 g/mol. The molecule has 0 aromatic heterocycles. The maximum atomic E-state index is 13.9. The lowest BCUT2D eigenvalue weighted by molar-refractivity contribution is -0.135. The second-order valence-corrected chi connectivity index (χ2v) is 9.78. The summed E-state index contributed by atoms with van der Waals surface area (Å²) in [6.45, 7) is 6.88. The molecule has 3 rings (SSSR count). The molecule has 1 aromatic rings. The van der Waals surface area contributed by atoms with Gasteiger partial charge in [-0.25, -0.2) is 8.78 Å². The highest BCUT2D eigenvalue weighted by Gasteiger charge is 2.40. The number of benzene rings is 1. The summed E-state index contributed by atoms with van der Waals surface area (Å²) in [5.74, 6) is -1.89. The number of hydrogen-bond donors (Lipinski definition) is 2. The number of nitrogens with one attached hydrogen (secondary N) is 1. The Kier molecular flexibility index (Phi) is 7.69. The normalized spacial score (nSPS) is 18.4. The zero-order valence-electron chi connectivity index (χ0n) is 19.3. The molecule has 3 amide bonds. The molecule has 1 saturated heterocycles. The van der Waals surface area contributed by atoms with Gasteiger partial charge in [-0.3, -0.25) is 19.3 Å². The van der Waals surface area contributed by atoms with E-state index in [2.05, 4.69) is 5.32 Å². The van der Waals surface area contributed by atoms with Crippen molar-refractivity contribution in [1.82, 2.24) is 4.90 Å². The predicted molar refractivity (Wildman–Crippen MR) is 120 cm³/mol. The Balaban J connectivity index is 1.87. The molecule has 1 heterocycles. The van der Waals surface area contributed by atoms with Crippen LogP contribution in [-0.4, -0.2) is 61.0 Å². The molecule has 10 heteroatoms. The molecule has 8 nitrogen and oxygen atoms in total. The summed E-state index contributed by atoms with van der Waals surface area (Å²) in [7, 11) is 0. The molecule has 1 aliphatic heterocycles. The minimum atomic E-state index is -2.90. The average Bonchev–Trinajstić information content (AvgIpc) is 2.65. The van der Waals surface area contributed by atoms with Crippen LogP contribution in [0.1, 0.15) is 52.0 Å². The first kappa shape index (κ1) is 25.0. The number of carbonyl (C=O) groups excluding carboxylic acids is 3. The number of amides is 3. The number of primary amides is 1. The molecule has 1 atom stereocenters. The number of ether oxygens (including phenoxy) is 1. The van der Waals surface area contributed by atoms with Crippen LogP contribution < -0.4 is 16.0 Å². The average molecular weight is 467 g/mol. The molecule has 0 radical (unpaired) electrons. The van der Waals surface area contributed by atoms with E-state index in [0.717, 1.165) is 19.3 Å². The van der Waals surface area contributed by atoms with Crippen molar-refractivity contribution in [1.29, 1.82) is 0 Å². The molecule has 3 N–H and O–H groups in total. The molecule has 0 bridgehead atoms. The van der Waals surface area contributed by atoms with E-state index in [1.165, 1.54) is 23.1 Å². The minimum Gasteiger partial charge on any atom is -0.370 e. The third-order valence-corrected chi connectivity index (χ3v) is 5.88. The van der Waals surface area contributed by atoms with Gasteiger partial charge in [0.25, 0.3) is 18.2 Å². The molecule has 33 heavy (non-hydrogen) atoms. The van der Waals surface area contributed by atoms with Crippen LogP contribution in [0, 0.1) is 5.41 Å². The predicted octanol–water partition coefficient (Wildman–Crippen LogP) is 2.68. The standard InChI is InChI=1S/C23H32F2N4O4/c1-23(2,3)13-29(14-5-4-6-14)19(21(26)31)22(32)27-17-8-7-15(11-16(17)20(24)25)28-9-10-33-12-18(28)30/h7-8,11,14,19-20H,4-6,9-10,12-13H2,1-3H3,(H2,26,31)(H,27,32)/t19-/m1/s1. The number of morpholine rings is 1. The zero-order chi connectivity index (χ0) is 24.3. The van der Waals surface area contributed by atoms with Crippen LogP contribution >= 0.6 is 0 Å². The maximum Gasteiger partial charge on any atom is 0.265 e. The van der Waals surface area contributed by atoms with Crippen molar-refractivity contribution in [2.75, 3.05) is 36.5 Å². The molecule has 1 aliphatic carbocycles. The van der Waals surface area contributed by atoms with Gasteiger partial charge < -0.3 is 20.7 Å². The van der Waals surface area contributed by atoms with E-state index in [4.69, 9.17) is 10.5 Å². The van der Waals surface area contributed by atoms with Crippen LogP contribution in [0.2, 0.25) is 0 Å². The zero-order valence-corrected chi connectivity index (χ0v) is 19.3. The van der Waals surface area contributed by atoms with Gasteiger partial charge >= 0.3 is 0 Å². The van der Waals surface area contributed by atoms with E-state index in [1.807, 2.05) is 20.8 Å². The third-order valence-electron chi connectivity index (χ3n) is 5.88. The Hall–Kier alpha value is -2.59. The van der Waals surface area contributed by atoms with Gasteiger partial charge in [-0.2, -0.15) is 0 Å². The Morgan fingerprint density at radius 1 is 1.30 bits per heavy atom. The van der Waals surface area contributed by atoms with Gasteiger partial charge in [0, 0.05) is 36.1 Å². The fourth-order valence-electron chi connectivity index (χ4n) is 4.15. The summed E-state index contributed by atoms with van der Waals surface area (Å²) in [5.41, 5.74) is 5.16. The third kappa shape index (κ3) is 6.05. The van der Waals surface area contributed by atoms with Crippen LogP contribution in [0.15, 0.2) is 18.2 Å². The highest BCUT2D eigenvalue weighted by Crippen LogP contribution is 2.33. The van der Waals surface area contributed by atoms with Gasteiger partial charge in [0.1, 0.15) is 6.61 Å². The smallest absolute Gasteiger partial charge is 0.265 e. The SMILES string of the molecule is CC(C)(C)CN(C1CCC1)[C@H](C(N)=O)C(=O)Nc1ccc(N2CCOCC2=O)cc1C(F)F. The topological polar surface area (TPSA) is 105 Å². The lowest BCUT2D eigenvalue weighted by Crippen LogP contribution is -2.59. The molecule has 2 aliphatic rings. The highest BCUT2D eigenvalue weighted by molar-refractivity contribution is 6.10. The summed E-state index contributed by atoms with van der Waals surface area (Å²) in [5, 5.41) is 2.49. The number of hydrogen-bond acceptors (Lipinski definition) is 5. The number of carbonyl (C=O) groups is 3. The van der Waals surface area contributed by atoms with Crippen LogP contribution in [0.25, 0.3) is 0 Å². The van der Waals surface area contributed by atoms with Crippen LogP contribution in [0.4, 0.5) is 20.2 Å². The quantitative estimate of drug-likeness (QED) is 0.573. The summed E-state index contributed by atoms with van der Waals surface area (Å²) < 4.78 is 32.8. The number of halogens is 2. The first-order valence-electron chi connectivity index (χ1n) is 11.1. The van der Waals surface area contributed by atoms with Crippen molar-refractivity contribution in [2.45, 2.75) is 58.5 Å². The molecular weight excluding hydrogens is 434 g/mol. The van der Waals surface area contributed by atoms with E-state index in [9.17, 15) is 23.2 Å². The van der Waals surface area contributed by atoms with Crippen molar-refractivity contribution >= 4 is 29.1 Å². The van der Waals surface area contributed by atoms with Crippen LogP contribution in [0.5, 0.6) is 0 Å². The van der Waals surface area contributed by atoms with E-state index >= 15 is 0 Å². The van der Waals surface area contributed by atoms with Gasteiger partial charge in [0.2, 0.25) is 5.91 Å². The largest absolute Gasteiger partial charge is 0.370 e. The molecule has 182 valence electrons. The number of alkyl halides is 2. The van der Waals surface area contributed by atoms with Gasteiger partial charge in [0.15, 0.2) is 6.04 Å². The van der Waals surface area contributed by atoms with Crippen molar-refractivity contribution < 1.29 is 27.9 Å². The Bertz CT molecular complexity index is 899. The molecule has 1 saturated carbocycles. The Morgan fingerprint density at radius 3 is 2.52 bits per heavy atom. The summed E-state index contributed by atoms with van der Waals surface area (Å²) in [6.07, 6.45) is -0.217. The number of rotatable bonds is 8. The van der Waals surface area contributed by atoms with Crippen molar-refractivity contribution in [3.05, 3.63) is 23.8 Å². The second kappa shape index (κ2) is 10.1.